The first-order valence-corrected chi connectivity index (χ1v) is 34.0. The number of quaternary nitrogens is 1. The first-order valence-electron chi connectivity index (χ1n) is 34.0. The number of allylic oxidation sites excluding steroid dienone is 24. The van der Waals surface area contributed by atoms with Crippen molar-refractivity contribution in [1.82, 2.24) is 0 Å². The van der Waals surface area contributed by atoms with Crippen LogP contribution in [-0.2, 0) is 33.3 Å². The maximum atomic E-state index is 12.9. The molecule has 0 aliphatic heterocycles. The Morgan fingerprint density at radius 2 is 0.635 bits per heavy atom. The summed E-state index contributed by atoms with van der Waals surface area (Å²) in [6.07, 6.45) is 92.2. The highest BCUT2D eigenvalue weighted by atomic mass is 16.7. The molecule has 0 bridgehead atoms. The Morgan fingerprint density at radius 3 is 0.965 bits per heavy atom. The molecule has 9 heteroatoms. The number of carboxylic acids is 1. The Bertz CT molecular complexity index is 1900. The summed E-state index contributed by atoms with van der Waals surface area (Å²) in [5.41, 5.74) is 0. The van der Waals surface area contributed by atoms with Crippen LogP contribution in [-0.4, -0.2) is 82.3 Å². The van der Waals surface area contributed by atoms with Crippen molar-refractivity contribution in [2.24, 2.45) is 0 Å². The minimum atomic E-state index is -1.64. The molecule has 0 aromatic rings. The van der Waals surface area contributed by atoms with Gasteiger partial charge in [-0.05, 0) is 116 Å². The first kappa shape index (κ1) is 80.2. The van der Waals surface area contributed by atoms with E-state index in [1.54, 1.807) is 0 Å². The summed E-state index contributed by atoms with van der Waals surface area (Å²) in [5.74, 6) is -2.35. The Balaban J connectivity index is 4.20. The fraction of sp³-hybridized carbons (Fsp3) is 0.645. The number of carbonyl (C=O) groups is 3. The number of likely N-dealkylation sites (N-methyl/N-ethyl adjacent to an activating group) is 1. The van der Waals surface area contributed by atoms with Gasteiger partial charge in [-0.25, -0.2) is 0 Å². The van der Waals surface area contributed by atoms with Crippen LogP contribution < -0.4 is 5.11 Å². The number of carboxylic acid groups (broad SMARTS) is 1. The van der Waals surface area contributed by atoms with E-state index in [-0.39, 0.29) is 38.6 Å². The number of rotatable bonds is 61. The summed E-state index contributed by atoms with van der Waals surface area (Å²) < 4.78 is 22.7. The van der Waals surface area contributed by atoms with Crippen LogP contribution in [0.25, 0.3) is 0 Å². The molecule has 0 spiro atoms. The summed E-state index contributed by atoms with van der Waals surface area (Å²) in [7, 11) is 5.91. The van der Waals surface area contributed by atoms with E-state index in [2.05, 4.69) is 160 Å². The van der Waals surface area contributed by atoms with Crippen LogP contribution in [0.15, 0.2) is 146 Å². The molecule has 0 aromatic carbocycles. The van der Waals surface area contributed by atoms with Crippen LogP contribution in [0.3, 0.4) is 0 Å². The molecule has 0 aliphatic rings. The van der Waals surface area contributed by atoms with Gasteiger partial charge in [-0.3, -0.25) is 9.59 Å². The number of nitrogens with zero attached hydrogens (tertiary/aromatic N) is 1. The topological polar surface area (TPSA) is 111 Å². The number of hydrogen-bond donors (Lipinski definition) is 0. The van der Waals surface area contributed by atoms with Crippen LogP contribution >= 0.6 is 0 Å². The molecule has 0 fully saturated rings. The smallest absolute Gasteiger partial charge is 0.306 e. The van der Waals surface area contributed by atoms with Gasteiger partial charge in [-0.1, -0.05) is 275 Å². The van der Waals surface area contributed by atoms with Gasteiger partial charge in [0.15, 0.2) is 12.4 Å². The Hall–Kier alpha value is -4.83. The van der Waals surface area contributed by atoms with E-state index in [9.17, 15) is 19.5 Å². The standard InChI is InChI=1S/C76H125NO8/c1-6-8-10-12-14-16-18-20-22-24-26-28-30-32-34-35-36-37-38-39-41-42-44-46-48-50-52-54-56-58-60-62-64-66-73(78)83-70-72(71-84-76(75(80)81)82-69-68-77(3,4)5)85-74(79)67-65-63-61-59-57-55-53-51-49-47-45-43-40-33-31-29-27-25-23-21-19-17-15-13-11-9-7-2/h8-11,14-17,20-23,26-29,33,40,45,47,51,53,57,59,72,76H,6-7,12-13,18-19,24-25,30-32,34-39,41-44,46,48-50,52,54-56,58,60-71H2,1-5H3/b10-8-,11-9-,16-14-,17-15-,22-20-,23-21-,28-26-,29-27-,40-33-,47-45-,53-51-,59-57-. The highest BCUT2D eigenvalue weighted by molar-refractivity contribution is 5.70. The number of ether oxygens (including phenoxy) is 4. The molecular formula is C76H125NO8. The van der Waals surface area contributed by atoms with Gasteiger partial charge in [0.25, 0.3) is 0 Å². The van der Waals surface area contributed by atoms with E-state index >= 15 is 0 Å². The average Bonchev–Trinajstić information content (AvgIpc) is 3.48. The van der Waals surface area contributed by atoms with Gasteiger partial charge in [-0.15, -0.1) is 0 Å². The number of hydrogen-bond acceptors (Lipinski definition) is 8. The molecule has 0 radical (unpaired) electrons. The summed E-state index contributed by atoms with van der Waals surface area (Å²) in [4.78, 5) is 37.4. The predicted molar refractivity (Wildman–Crippen MR) is 361 cm³/mol. The molecular weight excluding hydrogens is 1050 g/mol. The van der Waals surface area contributed by atoms with Crippen molar-refractivity contribution in [2.45, 2.75) is 270 Å². The van der Waals surface area contributed by atoms with Crippen LogP contribution in [0, 0.1) is 0 Å². The Labute approximate surface area is 522 Å². The summed E-state index contributed by atoms with van der Waals surface area (Å²) in [6.45, 7) is 4.47. The van der Waals surface area contributed by atoms with Crippen molar-refractivity contribution >= 4 is 17.9 Å². The molecule has 0 saturated heterocycles. The molecule has 2 unspecified atom stereocenters. The van der Waals surface area contributed by atoms with Crippen LogP contribution in [0.1, 0.15) is 258 Å². The van der Waals surface area contributed by atoms with Crippen LogP contribution in [0.4, 0.5) is 0 Å². The second-order valence-electron chi connectivity index (χ2n) is 23.3. The van der Waals surface area contributed by atoms with Gasteiger partial charge in [-0.2, -0.15) is 0 Å². The maximum Gasteiger partial charge on any atom is 0.306 e. The van der Waals surface area contributed by atoms with Crippen molar-refractivity contribution in [1.29, 1.82) is 0 Å². The van der Waals surface area contributed by atoms with E-state index < -0.39 is 24.3 Å². The SMILES string of the molecule is CC/C=C\C/C=C\C/C=C\C/C=C\C/C=C\C/C=C\C/C=C\C/C=C\CCCCC(=O)OC(COC(=O)CCCCCCCCCCCCCCCCCCCCCC/C=C\C/C=C\C/C=C\C/C=C\CC)COC(OCC[N+](C)(C)C)C(=O)[O-]. The Kier molecular flexibility index (Phi) is 61.4. The normalized spacial score (nSPS) is 13.7. The van der Waals surface area contributed by atoms with E-state index in [0.29, 0.717) is 17.4 Å². The van der Waals surface area contributed by atoms with Crippen molar-refractivity contribution in [2.75, 3.05) is 47.5 Å². The Morgan fingerprint density at radius 1 is 0.353 bits per heavy atom. The summed E-state index contributed by atoms with van der Waals surface area (Å²) >= 11 is 0. The lowest BCUT2D eigenvalue weighted by Crippen LogP contribution is -2.44. The molecule has 0 aliphatic carbocycles. The molecule has 9 nitrogen and oxygen atoms in total. The summed E-state index contributed by atoms with van der Waals surface area (Å²) in [5, 5.41) is 11.8. The lowest BCUT2D eigenvalue weighted by molar-refractivity contribution is -0.870. The second-order valence-corrected chi connectivity index (χ2v) is 23.3. The fourth-order valence-electron chi connectivity index (χ4n) is 8.96. The van der Waals surface area contributed by atoms with Crippen molar-refractivity contribution in [3.05, 3.63) is 146 Å². The zero-order valence-electron chi connectivity index (χ0n) is 54.9. The molecule has 0 N–H and O–H groups in total. The summed E-state index contributed by atoms with van der Waals surface area (Å²) in [6, 6.07) is 0. The lowest BCUT2D eigenvalue weighted by Gasteiger charge is -2.26. The van der Waals surface area contributed by atoms with Crippen molar-refractivity contribution < 1.29 is 42.9 Å². The molecule has 0 aromatic heterocycles. The number of aliphatic carboxylic acids is 1. The van der Waals surface area contributed by atoms with E-state index in [1.807, 2.05) is 21.1 Å². The van der Waals surface area contributed by atoms with Gasteiger partial charge < -0.3 is 33.3 Å². The zero-order chi connectivity index (χ0) is 61.9. The third-order valence-electron chi connectivity index (χ3n) is 14.1. The number of esters is 2. The quantitative estimate of drug-likeness (QED) is 0.0195. The number of carbonyl (C=O) groups excluding carboxylic acids is 3. The van der Waals surface area contributed by atoms with E-state index in [0.717, 1.165) is 109 Å². The lowest BCUT2D eigenvalue weighted by atomic mass is 10.0. The first-order chi connectivity index (χ1) is 41.6. The maximum absolute atomic E-state index is 12.9. The molecule has 0 amide bonds. The van der Waals surface area contributed by atoms with Gasteiger partial charge in [0.2, 0.25) is 0 Å². The van der Waals surface area contributed by atoms with Crippen molar-refractivity contribution in [3.63, 3.8) is 0 Å². The highest BCUT2D eigenvalue weighted by Crippen LogP contribution is 2.16. The molecule has 0 heterocycles. The molecule has 2 atom stereocenters. The van der Waals surface area contributed by atoms with E-state index in [4.69, 9.17) is 18.9 Å². The average molecular weight is 1180 g/mol. The second kappa shape index (κ2) is 65.2. The molecule has 482 valence electrons. The minimum Gasteiger partial charge on any atom is -0.545 e. The van der Waals surface area contributed by atoms with Gasteiger partial charge in [0.05, 0.1) is 40.3 Å². The molecule has 0 rings (SSSR count). The third kappa shape index (κ3) is 66.5. The largest absolute Gasteiger partial charge is 0.545 e. The van der Waals surface area contributed by atoms with Crippen LogP contribution in [0.2, 0.25) is 0 Å². The van der Waals surface area contributed by atoms with Gasteiger partial charge in [0.1, 0.15) is 13.2 Å². The van der Waals surface area contributed by atoms with Gasteiger partial charge in [0, 0.05) is 12.8 Å². The highest BCUT2D eigenvalue weighted by Gasteiger charge is 2.22. The van der Waals surface area contributed by atoms with Crippen molar-refractivity contribution in [3.8, 4) is 0 Å². The van der Waals surface area contributed by atoms with Gasteiger partial charge >= 0.3 is 11.9 Å². The number of unbranched alkanes of at least 4 members (excludes halogenated alkanes) is 22. The monoisotopic (exact) mass is 1180 g/mol. The fourth-order valence-corrected chi connectivity index (χ4v) is 8.96. The molecule has 0 saturated carbocycles. The minimum absolute atomic E-state index is 0.132. The van der Waals surface area contributed by atoms with E-state index in [1.165, 1.54) is 116 Å². The predicted octanol–water partition coefficient (Wildman–Crippen LogP) is 19.8. The van der Waals surface area contributed by atoms with Crippen LogP contribution in [0.5, 0.6) is 0 Å². The third-order valence-corrected chi connectivity index (χ3v) is 14.1. The molecule has 85 heavy (non-hydrogen) atoms. The zero-order valence-corrected chi connectivity index (χ0v) is 54.9.